The average molecular weight is 184 g/mol. The van der Waals surface area contributed by atoms with Gasteiger partial charge in [-0.05, 0) is 0 Å². The largest absolute Gasteiger partial charge is 0.428 e. The molecule has 10 heavy (non-hydrogen) atoms. The van der Waals surface area contributed by atoms with E-state index in [2.05, 4.69) is 16.3 Å². The molecule has 0 rings (SSSR count). The van der Waals surface area contributed by atoms with Crippen molar-refractivity contribution in [3.63, 3.8) is 0 Å². The van der Waals surface area contributed by atoms with Crippen molar-refractivity contribution < 1.29 is 26.7 Å². The smallest absolute Gasteiger partial charge is 0.294 e. The molecule has 0 N–H and O–H groups in total. The summed E-state index contributed by atoms with van der Waals surface area (Å²) in [6, 6.07) is 0. The van der Waals surface area contributed by atoms with E-state index in [-0.39, 0.29) is 0 Å². The number of rotatable bonds is 2. The summed E-state index contributed by atoms with van der Waals surface area (Å²) in [6.07, 6.45) is -4.95. The monoisotopic (exact) mass is 184 g/mol. The third-order valence-corrected chi connectivity index (χ3v) is 0.830. The average Bonchev–Trinajstić information content (AvgIpc) is 1.60. The van der Waals surface area contributed by atoms with Crippen molar-refractivity contribution in [1.29, 1.82) is 0 Å². The van der Waals surface area contributed by atoms with Crippen LogP contribution in [0.5, 0.6) is 0 Å². The van der Waals surface area contributed by atoms with Crippen LogP contribution in [0.2, 0.25) is 0 Å². The lowest BCUT2D eigenvalue weighted by Gasteiger charge is -2.12. The van der Waals surface area contributed by atoms with E-state index in [4.69, 9.17) is 0 Å². The van der Waals surface area contributed by atoms with E-state index in [1.165, 1.54) is 0 Å². The molecule has 0 aliphatic carbocycles. The van der Waals surface area contributed by atoms with Crippen LogP contribution in [-0.2, 0) is 4.74 Å². The molecular weight excluding hydrogens is 182 g/mol. The Labute approximate surface area is 57.7 Å². The van der Waals surface area contributed by atoms with Crippen molar-refractivity contribution in [3.05, 3.63) is 0 Å². The molecule has 0 aromatic heterocycles. The first kappa shape index (κ1) is 9.90. The van der Waals surface area contributed by atoms with Crippen molar-refractivity contribution in [2.24, 2.45) is 0 Å². The minimum absolute atomic E-state index is 2.92. The molecule has 0 aromatic rings. The molecule has 0 bridgehead atoms. The molecule has 62 valence electrons. The van der Waals surface area contributed by atoms with Gasteiger partial charge in [0, 0.05) is 0 Å². The molecule has 0 radical (unpaired) electrons. The summed E-state index contributed by atoms with van der Waals surface area (Å²) < 4.78 is 58.6. The van der Waals surface area contributed by atoms with Crippen molar-refractivity contribution in [1.82, 2.24) is 0 Å². The Morgan fingerprint density at radius 1 is 1.20 bits per heavy atom. The quantitative estimate of drug-likeness (QED) is 0.473. The van der Waals surface area contributed by atoms with Crippen LogP contribution in [0, 0.1) is 0 Å². The van der Waals surface area contributed by atoms with Gasteiger partial charge in [0.15, 0.2) is 0 Å². The minimum Gasteiger partial charge on any atom is -0.294 e. The molecule has 7 heteroatoms. The maximum Gasteiger partial charge on any atom is 0.428 e. The zero-order chi connectivity index (χ0) is 8.36. The molecule has 0 fully saturated rings. The van der Waals surface area contributed by atoms with E-state index in [0.717, 1.165) is 0 Å². The Morgan fingerprint density at radius 2 is 1.60 bits per heavy atom. The van der Waals surface area contributed by atoms with Gasteiger partial charge in [-0.15, -0.1) is 0 Å². The Kier molecular flexibility index (Phi) is 3.30. The van der Waals surface area contributed by atoms with Crippen LogP contribution < -0.4 is 0 Å². The van der Waals surface area contributed by atoms with E-state index in [1.54, 1.807) is 0 Å². The summed E-state index contributed by atoms with van der Waals surface area (Å²) in [5.74, 6) is 0. The molecule has 1 atom stereocenters. The molecule has 0 heterocycles. The molecule has 0 saturated heterocycles. The van der Waals surface area contributed by atoms with E-state index < -0.39 is 18.4 Å². The molecule has 0 aliphatic heterocycles. The van der Waals surface area contributed by atoms with Crippen LogP contribution in [-0.4, -0.2) is 18.4 Å². The fourth-order valence-electron chi connectivity index (χ4n) is 0.167. The molecule has 0 spiro atoms. The van der Waals surface area contributed by atoms with Crippen molar-refractivity contribution in [3.8, 4) is 0 Å². The van der Waals surface area contributed by atoms with Crippen LogP contribution in [0.1, 0.15) is 0 Å². The second-order valence-electron chi connectivity index (χ2n) is 1.25. The first-order valence-electron chi connectivity index (χ1n) is 1.98. The van der Waals surface area contributed by atoms with Crippen molar-refractivity contribution >= 4 is 11.6 Å². The molecular formula is C3H2ClF5O. The topological polar surface area (TPSA) is 9.23 Å². The second-order valence-corrected chi connectivity index (χ2v) is 1.65. The number of halogens is 6. The lowest BCUT2D eigenvalue weighted by molar-refractivity contribution is -0.246. The molecule has 1 nitrogen and oxygen atoms in total. The van der Waals surface area contributed by atoms with Crippen LogP contribution in [0.3, 0.4) is 0 Å². The van der Waals surface area contributed by atoms with E-state index in [1.807, 2.05) is 0 Å². The summed E-state index contributed by atoms with van der Waals surface area (Å²) in [5.41, 5.74) is -2.94. The van der Waals surface area contributed by atoms with Gasteiger partial charge < -0.3 is 0 Å². The predicted molar refractivity (Wildman–Crippen MR) is 22.8 cm³/mol. The van der Waals surface area contributed by atoms with E-state index in [9.17, 15) is 22.0 Å². The van der Waals surface area contributed by atoms with Gasteiger partial charge in [0.1, 0.15) is 0 Å². The molecule has 0 saturated carbocycles. The van der Waals surface area contributed by atoms with Gasteiger partial charge in [-0.3, -0.25) is 4.74 Å². The van der Waals surface area contributed by atoms with E-state index >= 15 is 0 Å². The lowest BCUT2D eigenvalue weighted by Crippen LogP contribution is -2.27. The molecule has 0 aromatic carbocycles. The fourth-order valence-corrected chi connectivity index (χ4v) is 0.245. The maximum atomic E-state index is 11.2. The number of alkyl halides is 6. The Bertz CT molecular complexity index is 102. The standard InChI is InChI=1S/C3H2ClF5O/c4-1(3(7,8)9)10-2(5)6/h1-2H/t1-/m1/s1. The Hall–Kier alpha value is -0.100. The highest BCUT2D eigenvalue weighted by Crippen LogP contribution is 2.26. The van der Waals surface area contributed by atoms with Gasteiger partial charge in [0.2, 0.25) is 5.56 Å². The van der Waals surface area contributed by atoms with Gasteiger partial charge in [0.25, 0.3) is 0 Å². The van der Waals surface area contributed by atoms with Crippen molar-refractivity contribution in [2.75, 3.05) is 0 Å². The first-order valence-corrected chi connectivity index (χ1v) is 2.42. The van der Waals surface area contributed by atoms with Crippen LogP contribution in [0.25, 0.3) is 0 Å². The third kappa shape index (κ3) is 3.84. The molecule has 0 aliphatic rings. The summed E-state index contributed by atoms with van der Waals surface area (Å²) in [6.45, 7) is -3.51. The highest BCUT2D eigenvalue weighted by molar-refractivity contribution is 6.20. The highest BCUT2D eigenvalue weighted by atomic mass is 35.5. The fraction of sp³-hybridized carbons (Fsp3) is 1.00. The SMILES string of the molecule is FC(F)O[C@@H](Cl)C(F)(F)F. The van der Waals surface area contributed by atoms with Crippen LogP contribution in [0.15, 0.2) is 0 Å². The summed E-state index contributed by atoms with van der Waals surface area (Å²) >= 11 is 4.32. The Balaban J connectivity index is 3.73. The van der Waals surface area contributed by atoms with Crippen LogP contribution in [0.4, 0.5) is 22.0 Å². The highest BCUT2D eigenvalue weighted by Gasteiger charge is 2.41. The number of hydrogen-bond donors (Lipinski definition) is 0. The normalized spacial score (nSPS) is 15.9. The Morgan fingerprint density at radius 3 is 1.70 bits per heavy atom. The van der Waals surface area contributed by atoms with Gasteiger partial charge in [-0.1, -0.05) is 11.6 Å². The van der Waals surface area contributed by atoms with Crippen LogP contribution >= 0.6 is 11.6 Å². The van der Waals surface area contributed by atoms with Gasteiger partial charge >= 0.3 is 12.8 Å². The van der Waals surface area contributed by atoms with Gasteiger partial charge in [-0.2, -0.15) is 22.0 Å². The van der Waals surface area contributed by atoms with Gasteiger partial charge in [-0.25, -0.2) is 0 Å². The van der Waals surface area contributed by atoms with E-state index in [0.29, 0.717) is 0 Å². The molecule has 0 amide bonds. The summed E-state index contributed by atoms with van der Waals surface area (Å²) in [7, 11) is 0. The summed E-state index contributed by atoms with van der Waals surface area (Å²) in [4.78, 5) is 0. The predicted octanol–water partition coefficient (Wildman–Crippen LogP) is 2.35. The lowest BCUT2D eigenvalue weighted by atomic mass is 10.7. The molecule has 0 unspecified atom stereocenters. The number of ether oxygens (including phenoxy) is 1. The maximum absolute atomic E-state index is 11.2. The third-order valence-electron chi connectivity index (χ3n) is 0.480. The first-order chi connectivity index (χ1) is 4.34. The zero-order valence-corrected chi connectivity index (χ0v) is 5.09. The van der Waals surface area contributed by atoms with Crippen molar-refractivity contribution in [2.45, 2.75) is 18.4 Å². The summed E-state index contributed by atoms with van der Waals surface area (Å²) in [5, 5.41) is 0. The second kappa shape index (κ2) is 3.34. The van der Waals surface area contributed by atoms with Gasteiger partial charge in [0.05, 0.1) is 0 Å². The minimum atomic E-state index is -4.95. The number of hydrogen-bond acceptors (Lipinski definition) is 1. The zero-order valence-electron chi connectivity index (χ0n) is 4.33.